The number of hydrogen-bond acceptors (Lipinski definition) is 1. The molecule has 1 heterocycles. The van der Waals surface area contributed by atoms with Crippen LogP contribution in [0.5, 0.6) is 0 Å². The lowest BCUT2D eigenvalue weighted by atomic mass is 9.66. The highest BCUT2D eigenvalue weighted by molar-refractivity contribution is 5.91. The van der Waals surface area contributed by atoms with Gasteiger partial charge in [-0.25, -0.2) is 0 Å². The number of nitrogens with zero attached hydrogens (tertiary/aromatic N) is 1. The third-order valence-corrected chi connectivity index (χ3v) is 6.67. The average molecular weight is 352 g/mol. The minimum absolute atomic E-state index is 0.0722. The van der Waals surface area contributed by atoms with Gasteiger partial charge in [-0.3, -0.25) is 4.79 Å². The van der Waals surface area contributed by atoms with Crippen LogP contribution in [-0.2, 0) is 10.2 Å². The van der Waals surface area contributed by atoms with Gasteiger partial charge in [-0.1, -0.05) is 60.7 Å². The van der Waals surface area contributed by atoms with Gasteiger partial charge in [-0.2, -0.15) is 0 Å². The summed E-state index contributed by atoms with van der Waals surface area (Å²) in [7, 11) is 2.33. The number of hydrogen-bond donors (Lipinski definition) is 1. The second-order valence-corrected chi connectivity index (χ2v) is 8.54. The number of likely N-dealkylation sites (tertiary alicyclic amines) is 1. The summed E-state index contributed by atoms with van der Waals surface area (Å²) in [6.07, 6.45) is 3.19. The number of nitrogens with two attached hydrogens (primary N) is 1. The third kappa shape index (κ3) is 3.05. The van der Waals surface area contributed by atoms with Crippen LogP contribution in [0, 0.1) is 0 Å². The summed E-state index contributed by atoms with van der Waals surface area (Å²) in [5.41, 5.74) is 7.21. The lowest BCUT2D eigenvalue weighted by Gasteiger charge is -2.49. The van der Waals surface area contributed by atoms with Gasteiger partial charge in [-0.05, 0) is 25.0 Å². The predicted octanol–water partition coefficient (Wildman–Crippen LogP) is 3.87. The largest absolute Gasteiger partial charge is 0.369 e. The van der Waals surface area contributed by atoms with Crippen LogP contribution in [0.2, 0.25) is 0 Å². The first kappa shape index (κ1) is 18.7. The molecule has 138 valence electrons. The lowest BCUT2D eigenvalue weighted by molar-refractivity contribution is -0.945. The van der Waals surface area contributed by atoms with Gasteiger partial charge in [0, 0.05) is 19.3 Å². The molecule has 3 rings (SSSR count). The molecule has 1 saturated heterocycles. The Kier molecular flexibility index (Phi) is 4.94. The average Bonchev–Trinajstić information content (AvgIpc) is 3.09. The highest BCUT2D eigenvalue weighted by Crippen LogP contribution is 2.44. The van der Waals surface area contributed by atoms with Gasteiger partial charge in [0.2, 0.25) is 5.91 Å². The first-order valence-corrected chi connectivity index (χ1v) is 9.57. The van der Waals surface area contributed by atoms with Crippen molar-refractivity contribution >= 4 is 5.91 Å². The van der Waals surface area contributed by atoms with Crippen LogP contribution < -0.4 is 5.73 Å². The summed E-state index contributed by atoms with van der Waals surface area (Å²) >= 11 is 0. The van der Waals surface area contributed by atoms with Crippen molar-refractivity contribution in [2.24, 2.45) is 5.73 Å². The standard InChI is InChI=1S/C23H30N2O/c1-22(2,25(3)16-10-11-17-25)18-23(21(24)26,19-12-6-4-7-13-19)20-14-8-5-9-15-20/h4-9,12-15H,10-11,16-18H2,1-3H3,(H-,24,26)/p+1. The molecule has 26 heavy (non-hydrogen) atoms. The zero-order chi connectivity index (χ0) is 18.8. The highest BCUT2D eigenvalue weighted by atomic mass is 16.1. The second-order valence-electron chi connectivity index (χ2n) is 8.54. The van der Waals surface area contributed by atoms with E-state index in [0.717, 1.165) is 28.7 Å². The number of carbonyl (C=O) groups excluding carboxylic acids is 1. The summed E-state index contributed by atoms with van der Waals surface area (Å²) in [6.45, 7) is 6.90. The Morgan fingerprint density at radius 2 is 1.35 bits per heavy atom. The lowest BCUT2D eigenvalue weighted by Crippen LogP contribution is -2.61. The number of rotatable bonds is 6. The van der Waals surface area contributed by atoms with Crippen LogP contribution in [0.25, 0.3) is 0 Å². The van der Waals surface area contributed by atoms with Gasteiger partial charge in [0.05, 0.1) is 25.7 Å². The third-order valence-electron chi connectivity index (χ3n) is 6.67. The van der Waals surface area contributed by atoms with Gasteiger partial charge in [0.15, 0.2) is 0 Å². The van der Waals surface area contributed by atoms with Gasteiger partial charge >= 0.3 is 0 Å². The predicted molar refractivity (Wildman–Crippen MR) is 107 cm³/mol. The molecule has 1 amide bonds. The highest BCUT2D eigenvalue weighted by Gasteiger charge is 2.52. The van der Waals surface area contributed by atoms with Crippen LogP contribution >= 0.6 is 0 Å². The van der Waals surface area contributed by atoms with Crippen LogP contribution in [-0.4, -0.2) is 36.1 Å². The second kappa shape index (κ2) is 6.88. The van der Waals surface area contributed by atoms with E-state index in [0.29, 0.717) is 6.42 Å². The number of carbonyl (C=O) groups is 1. The smallest absolute Gasteiger partial charge is 0.232 e. The molecule has 0 aromatic heterocycles. The van der Waals surface area contributed by atoms with Crippen LogP contribution in [0.1, 0.15) is 44.2 Å². The zero-order valence-electron chi connectivity index (χ0n) is 16.2. The normalized spacial score (nSPS) is 17.2. The fourth-order valence-electron chi connectivity index (χ4n) is 4.67. The summed E-state index contributed by atoms with van der Waals surface area (Å²) in [6, 6.07) is 20.1. The Balaban J connectivity index is 2.16. The topological polar surface area (TPSA) is 43.1 Å². The van der Waals surface area contributed by atoms with E-state index in [-0.39, 0.29) is 11.4 Å². The molecule has 2 aromatic rings. The molecule has 0 radical (unpaired) electrons. The van der Waals surface area contributed by atoms with Crippen molar-refractivity contribution in [2.75, 3.05) is 20.1 Å². The van der Waals surface area contributed by atoms with Gasteiger partial charge < -0.3 is 10.2 Å². The van der Waals surface area contributed by atoms with Gasteiger partial charge in [0.25, 0.3) is 0 Å². The fraction of sp³-hybridized carbons (Fsp3) is 0.435. The molecule has 0 spiro atoms. The fourth-order valence-corrected chi connectivity index (χ4v) is 4.67. The van der Waals surface area contributed by atoms with Crippen LogP contribution in [0.4, 0.5) is 0 Å². The molecule has 0 bridgehead atoms. The molecule has 2 aromatic carbocycles. The van der Waals surface area contributed by atoms with E-state index < -0.39 is 5.41 Å². The Bertz CT molecular complexity index is 707. The molecule has 0 saturated carbocycles. The first-order valence-electron chi connectivity index (χ1n) is 9.57. The van der Waals surface area contributed by atoms with E-state index in [2.05, 4.69) is 20.9 Å². The van der Waals surface area contributed by atoms with Crippen LogP contribution in [0.15, 0.2) is 60.7 Å². The minimum Gasteiger partial charge on any atom is -0.369 e. The molecule has 2 N–H and O–H groups in total. The summed E-state index contributed by atoms with van der Waals surface area (Å²) < 4.78 is 0.988. The maximum absolute atomic E-state index is 13.0. The van der Waals surface area contributed by atoms with Crippen molar-refractivity contribution in [3.63, 3.8) is 0 Å². The molecule has 1 fully saturated rings. The van der Waals surface area contributed by atoms with Crippen molar-refractivity contribution in [1.29, 1.82) is 0 Å². The van der Waals surface area contributed by atoms with Crippen molar-refractivity contribution in [1.82, 2.24) is 0 Å². The first-order chi connectivity index (χ1) is 12.3. The molecular formula is C23H31N2O+. The summed E-state index contributed by atoms with van der Waals surface area (Å²) in [5, 5.41) is 0. The molecule has 3 heteroatoms. The molecule has 1 aliphatic heterocycles. The van der Waals surface area contributed by atoms with Gasteiger partial charge in [0.1, 0.15) is 5.41 Å². The van der Waals surface area contributed by atoms with Crippen molar-refractivity contribution in [3.8, 4) is 0 Å². The van der Waals surface area contributed by atoms with Gasteiger partial charge in [-0.15, -0.1) is 0 Å². The van der Waals surface area contributed by atoms with Crippen LogP contribution in [0.3, 0.4) is 0 Å². The quantitative estimate of drug-likeness (QED) is 0.789. The maximum Gasteiger partial charge on any atom is 0.232 e. The molecular weight excluding hydrogens is 320 g/mol. The molecule has 1 aliphatic rings. The van der Waals surface area contributed by atoms with E-state index in [1.807, 2.05) is 60.7 Å². The maximum atomic E-state index is 13.0. The van der Waals surface area contributed by atoms with E-state index in [4.69, 9.17) is 5.73 Å². The minimum atomic E-state index is -0.824. The Morgan fingerprint density at radius 3 is 1.73 bits per heavy atom. The number of quaternary nitrogens is 1. The molecule has 0 aliphatic carbocycles. The Labute approximate surface area is 157 Å². The number of amides is 1. The SMILES string of the molecule is CC(C)(CC(C(N)=O)(c1ccccc1)c1ccccc1)[N+]1(C)CCCC1. The molecule has 0 atom stereocenters. The zero-order valence-corrected chi connectivity index (χ0v) is 16.2. The Morgan fingerprint density at radius 1 is 0.923 bits per heavy atom. The molecule has 3 nitrogen and oxygen atoms in total. The van der Waals surface area contributed by atoms with E-state index in [1.165, 1.54) is 12.8 Å². The van der Waals surface area contributed by atoms with Crippen molar-refractivity contribution < 1.29 is 9.28 Å². The van der Waals surface area contributed by atoms with E-state index >= 15 is 0 Å². The summed E-state index contributed by atoms with van der Waals surface area (Å²) in [5.74, 6) is -0.270. The summed E-state index contributed by atoms with van der Waals surface area (Å²) in [4.78, 5) is 13.0. The van der Waals surface area contributed by atoms with E-state index in [9.17, 15) is 4.79 Å². The monoisotopic (exact) mass is 351 g/mol. The number of primary amides is 1. The Hall–Kier alpha value is -2.13. The molecule has 0 unspecified atom stereocenters. The number of benzene rings is 2. The van der Waals surface area contributed by atoms with Crippen molar-refractivity contribution in [3.05, 3.63) is 71.8 Å². The van der Waals surface area contributed by atoms with E-state index in [1.54, 1.807) is 0 Å². The van der Waals surface area contributed by atoms with Crippen molar-refractivity contribution in [2.45, 2.75) is 44.1 Å².